The van der Waals surface area contributed by atoms with Crippen molar-refractivity contribution in [2.75, 3.05) is 0 Å². The molecule has 0 spiro atoms. The summed E-state index contributed by atoms with van der Waals surface area (Å²) in [6, 6.07) is 13.9. The molecule has 8 nitrogen and oxygen atoms in total. The van der Waals surface area contributed by atoms with E-state index in [4.69, 9.17) is 21.9 Å². The van der Waals surface area contributed by atoms with Crippen molar-refractivity contribution in [1.82, 2.24) is 25.4 Å². The van der Waals surface area contributed by atoms with Crippen LogP contribution in [0.3, 0.4) is 0 Å². The minimum absolute atomic E-state index is 0.0443. The maximum Gasteiger partial charge on any atom is 0.179 e. The summed E-state index contributed by atoms with van der Waals surface area (Å²) in [4.78, 5) is 5.65. The van der Waals surface area contributed by atoms with Crippen LogP contribution in [0.1, 0.15) is 22.6 Å². The van der Waals surface area contributed by atoms with Gasteiger partial charge in [0.05, 0.1) is 17.3 Å². The number of nitrogens with zero attached hydrogens (tertiary/aromatic N) is 6. The van der Waals surface area contributed by atoms with E-state index in [0.29, 0.717) is 29.2 Å². The van der Waals surface area contributed by atoms with Crippen LogP contribution in [0.4, 0.5) is 10.1 Å². The molecule has 29 heavy (non-hydrogen) atoms. The van der Waals surface area contributed by atoms with Crippen molar-refractivity contribution in [2.45, 2.75) is 13.0 Å². The van der Waals surface area contributed by atoms with Gasteiger partial charge in [-0.1, -0.05) is 47.1 Å². The predicted molar refractivity (Wildman–Crippen MR) is 104 cm³/mol. The normalized spacial score (nSPS) is 11.7. The van der Waals surface area contributed by atoms with Crippen molar-refractivity contribution < 1.29 is 8.91 Å². The molecule has 2 aromatic heterocycles. The van der Waals surface area contributed by atoms with E-state index in [1.54, 1.807) is 0 Å². The number of aromatic nitrogens is 5. The van der Waals surface area contributed by atoms with E-state index in [1.165, 1.54) is 29.3 Å². The average Bonchev–Trinajstić information content (AvgIpc) is 3.35. The van der Waals surface area contributed by atoms with Gasteiger partial charge in [-0.25, -0.2) is 9.38 Å². The van der Waals surface area contributed by atoms with Gasteiger partial charge in [-0.3, -0.25) is 0 Å². The Bertz CT molecular complexity index is 1160. The van der Waals surface area contributed by atoms with Gasteiger partial charge >= 0.3 is 0 Å². The Morgan fingerprint density at radius 1 is 1.21 bits per heavy atom. The lowest BCUT2D eigenvalue weighted by atomic mass is 10.1. The molecule has 10 heteroatoms. The smallest absolute Gasteiger partial charge is 0.179 e. The zero-order chi connectivity index (χ0) is 20.2. The largest absolute Gasteiger partial charge is 0.382 e. The number of amidine groups is 1. The fourth-order valence-corrected chi connectivity index (χ4v) is 2.85. The lowest BCUT2D eigenvalue weighted by Gasteiger charge is -2.01. The molecule has 0 aliphatic carbocycles. The Morgan fingerprint density at radius 3 is 2.83 bits per heavy atom. The Balaban J connectivity index is 1.51. The summed E-state index contributed by atoms with van der Waals surface area (Å²) in [5.41, 5.74) is 8.50. The van der Waals surface area contributed by atoms with Crippen molar-refractivity contribution in [3.8, 4) is 0 Å². The van der Waals surface area contributed by atoms with Crippen LogP contribution in [0.5, 0.6) is 0 Å². The fourth-order valence-electron chi connectivity index (χ4n) is 2.67. The van der Waals surface area contributed by atoms with Gasteiger partial charge in [-0.05, 0) is 29.0 Å². The number of rotatable bonds is 6. The Kier molecular flexibility index (Phi) is 5.30. The summed E-state index contributed by atoms with van der Waals surface area (Å²) in [5, 5.41) is 16.4. The first kappa shape index (κ1) is 18.8. The van der Waals surface area contributed by atoms with E-state index < -0.39 is 5.82 Å². The molecule has 2 N–H and O–H groups in total. The average molecular weight is 412 g/mol. The molecule has 0 aliphatic rings. The summed E-state index contributed by atoms with van der Waals surface area (Å²) in [6.07, 6.45) is 2.02. The molecule has 4 aromatic rings. The van der Waals surface area contributed by atoms with Gasteiger partial charge in [0.15, 0.2) is 17.4 Å². The molecule has 0 bridgehead atoms. The Morgan fingerprint density at radius 2 is 2.03 bits per heavy atom. The van der Waals surface area contributed by atoms with E-state index in [2.05, 4.69) is 25.6 Å². The first-order valence-corrected chi connectivity index (χ1v) is 9.00. The number of hydrogen-bond acceptors (Lipinski definition) is 6. The lowest BCUT2D eigenvalue weighted by Crippen LogP contribution is -2.17. The van der Waals surface area contributed by atoms with Gasteiger partial charge < -0.3 is 10.3 Å². The van der Waals surface area contributed by atoms with Gasteiger partial charge in [0.1, 0.15) is 12.1 Å². The highest BCUT2D eigenvalue weighted by molar-refractivity contribution is 6.31. The first-order chi connectivity index (χ1) is 14.1. The van der Waals surface area contributed by atoms with E-state index in [9.17, 15) is 4.39 Å². The van der Waals surface area contributed by atoms with Crippen molar-refractivity contribution in [3.05, 3.63) is 88.3 Å². The van der Waals surface area contributed by atoms with Crippen molar-refractivity contribution in [3.63, 3.8) is 0 Å². The molecule has 0 unspecified atom stereocenters. The molecule has 0 radical (unpaired) electrons. The monoisotopic (exact) mass is 411 g/mol. The van der Waals surface area contributed by atoms with E-state index >= 15 is 0 Å². The van der Waals surface area contributed by atoms with Crippen LogP contribution < -0.4 is 5.73 Å². The highest BCUT2D eigenvalue weighted by Gasteiger charge is 2.15. The van der Waals surface area contributed by atoms with Crippen LogP contribution in [0.25, 0.3) is 0 Å². The zero-order valence-corrected chi connectivity index (χ0v) is 15.8. The van der Waals surface area contributed by atoms with Crippen molar-refractivity contribution in [1.29, 1.82) is 0 Å². The molecule has 0 amide bonds. The second-order valence-corrected chi connectivity index (χ2v) is 6.59. The molecule has 0 aliphatic heterocycles. The van der Waals surface area contributed by atoms with Crippen LogP contribution in [0.15, 0.2) is 64.3 Å². The maximum absolute atomic E-state index is 13.3. The molecule has 0 saturated heterocycles. The SMILES string of the molecule is NC(=Nc1ccc(F)c(Cl)c1)c1nocc1Cn1nnc(Cc2ccccc2)n1. The molecule has 146 valence electrons. The summed E-state index contributed by atoms with van der Waals surface area (Å²) in [7, 11) is 0. The summed E-state index contributed by atoms with van der Waals surface area (Å²) in [5.74, 6) is 0.160. The molecular weight excluding hydrogens is 397 g/mol. The zero-order valence-electron chi connectivity index (χ0n) is 15.0. The third-order valence-corrected chi connectivity index (χ3v) is 4.34. The Hall–Kier alpha value is -3.59. The van der Waals surface area contributed by atoms with Crippen molar-refractivity contribution in [2.24, 2.45) is 10.7 Å². The molecular formula is C19H15ClFN7O. The van der Waals surface area contributed by atoms with Gasteiger partial charge in [-0.2, -0.15) is 4.80 Å². The second kappa shape index (κ2) is 8.19. The van der Waals surface area contributed by atoms with E-state index in [-0.39, 0.29) is 17.4 Å². The summed E-state index contributed by atoms with van der Waals surface area (Å²) >= 11 is 5.78. The second-order valence-electron chi connectivity index (χ2n) is 6.18. The number of hydrogen-bond donors (Lipinski definition) is 1. The van der Waals surface area contributed by atoms with Crippen LogP contribution in [0, 0.1) is 5.82 Å². The van der Waals surface area contributed by atoms with Gasteiger partial charge in [0, 0.05) is 12.0 Å². The maximum atomic E-state index is 13.3. The minimum Gasteiger partial charge on any atom is -0.382 e. The Labute approximate surface area is 169 Å². The van der Waals surface area contributed by atoms with Gasteiger partial charge in [0.2, 0.25) is 0 Å². The summed E-state index contributed by atoms with van der Waals surface area (Å²) < 4.78 is 18.3. The molecule has 0 saturated carbocycles. The molecule has 0 fully saturated rings. The van der Waals surface area contributed by atoms with Gasteiger partial charge in [0.25, 0.3) is 0 Å². The minimum atomic E-state index is -0.533. The quantitative estimate of drug-likeness (QED) is 0.385. The lowest BCUT2D eigenvalue weighted by molar-refractivity contribution is 0.416. The number of nitrogens with two attached hydrogens (primary N) is 1. The highest BCUT2D eigenvalue weighted by Crippen LogP contribution is 2.22. The van der Waals surface area contributed by atoms with E-state index in [0.717, 1.165) is 5.56 Å². The number of benzene rings is 2. The first-order valence-electron chi connectivity index (χ1n) is 8.62. The predicted octanol–water partition coefficient (Wildman–Crippen LogP) is 3.13. The summed E-state index contributed by atoms with van der Waals surface area (Å²) in [6.45, 7) is 0.251. The molecule has 4 rings (SSSR count). The number of halogens is 2. The molecule has 2 heterocycles. The van der Waals surface area contributed by atoms with Crippen LogP contribution in [-0.2, 0) is 13.0 Å². The topological polar surface area (TPSA) is 108 Å². The molecule has 2 aromatic carbocycles. The van der Waals surface area contributed by atoms with Crippen molar-refractivity contribution >= 4 is 23.1 Å². The fraction of sp³-hybridized carbons (Fsp3) is 0.105. The standard InChI is InChI=1S/C19H15ClFN7O/c20-15-9-14(6-7-16(15)21)23-19(22)18-13(11-29-26-18)10-28-25-17(24-27-28)8-12-4-2-1-3-5-12/h1-7,9,11H,8,10H2,(H2,22,23). The van der Waals surface area contributed by atoms with Crippen LogP contribution in [0.2, 0.25) is 5.02 Å². The van der Waals surface area contributed by atoms with E-state index in [1.807, 2.05) is 30.3 Å². The third kappa shape index (κ3) is 4.46. The number of tetrazole rings is 1. The van der Waals surface area contributed by atoms with Crippen LogP contribution in [-0.4, -0.2) is 31.2 Å². The van der Waals surface area contributed by atoms with Crippen LogP contribution >= 0.6 is 11.6 Å². The third-order valence-electron chi connectivity index (χ3n) is 4.05. The number of aliphatic imine (C=N–C) groups is 1. The highest BCUT2D eigenvalue weighted by atomic mass is 35.5. The molecule has 0 atom stereocenters. The van der Waals surface area contributed by atoms with Gasteiger partial charge in [-0.15, -0.1) is 10.2 Å².